The monoisotopic (exact) mass is 502 g/mol. The van der Waals surface area contributed by atoms with Crippen LogP contribution in [-0.2, 0) is 0 Å². The van der Waals surface area contributed by atoms with Crippen molar-refractivity contribution >= 4 is 40.1 Å². The molecule has 0 unspecified atom stereocenters. The van der Waals surface area contributed by atoms with E-state index in [1.807, 2.05) is 42.5 Å². The van der Waals surface area contributed by atoms with Crippen LogP contribution in [0.5, 0.6) is 17.2 Å². The van der Waals surface area contributed by atoms with E-state index >= 15 is 0 Å². The van der Waals surface area contributed by atoms with Gasteiger partial charge in [0.1, 0.15) is 23.3 Å². The predicted octanol–water partition coefficient (Wildman–Crippen LogP) is 7.78. The zero-order valence-electron chi connectivity index (χ0n) is 18.0. The molecule has 4 aromatic carbocycles. The minimum atomic E-state index is -0.660. The molecule has 172 valence electrons. The molecule has 0 saturated carbocycles. The van der Waals surface area contributed by atoms with E-state index in [1.54, 1.807) is 18.2 Å². The fraction of sp³-hybridized carbons (Fsp3) is 0. The van der Waals surface area contributed by atoms with Crippen molar-refractivity contribution in [2.75, 3.05) is 0 Å². The maximum absolute atomic E-state index is 12.9. The summed E-state index contributed by atoms with van der Waals surface area (Å²) in [6.07, 6.45) is 1.23. The zero-order valence-corrected chi connectivity index (χ0v) is 19.5. The lowest BCUT2D eigenvalue weighted by atomic mass is 10.1. The van der Waals surface area contributed by atoms with Gasteiger partial charge in [0, 0.05) is 11.1 Å². The van der Waals surface area contributed by atoms with E-state index in [-0.39, 0.29) is 38.5 Å². The number of fused-ring (bicyclic) bond motifs is 1. The Morgan fingerprint density at radius 3 is 2.23 bits per heavy atom. The van der Waals surface area contributed by atoms with E-state index in [0.717, 1.165) is 11.1 Å². The quantitative estimate of drug-likeness (QED) is 0.181. The number of esters is 1. The van der Waals surface area contributed by atoms with Crippen LogP contribution in [0.3, 0.4) is 0 Å². The lowest BCUT2D eigenvalue weighted by Gasteiger charge is -2.09. The number of hydrogen-bond donors (Lipinski definition) is 0. The third-order valence-corrected chi connectivity index (χ3v) is 5.81. The first kappa shape index (κ1) is 22.7. The van der Waals surface area contributed by atoms with Crippen molar-refractivity contribution < 1.29 is 18.7 Å². The summed E-state index contributed by atoms with van der Waals surface area (Å²) in [6, 6.07) is 26.3. The van der Waals surface area contributed by atoms with Crippen molar-refractivity contribution in [3.05, 3.63) is 123 Å². The van der Waals surface area contributed by atoms with E-state index in [1.165, 1.54) is 36.6 Å². The first-order chi connectivity index (χ1) is 17.0. The second-order valence-corrected chi connectivity index (χ2v) is 8.44. The smallest absolute Gasteiger partial charge is 0.345 e. The Bertz CT molecular complexity index is 1590. The molecular weight excluding hydrogens is 487 g/mol. The number of halogens is 2. The van der Waals surface area contributed by atoms with Crippen LogP contribution in [0.15, 0.2) is 106 Å². The van der Waals surface area contributed by atoms with Gasteiger partial charge in [-0.25, -0.2) is 4.79 Å². The highest BCUT2D eigenvalue weighted by Gasteiger charge is 2.15. The average Bonchev–Trinajstić information content (AvgIpc) is 2.86. The summed E-state index contributed by atoms with van der Waals surface area (Å²) in [5.41, 5.74) is 2.18. The molecule has 0 aliphatic carbocycles. The Balaban J connectivity index is 1.35. The number of carbonyl (C=O) groups is 1. The van der Waals surface area contributed by atoms with Crippen LogP contribution in [0.25, 0.3) is 22.1 Å². The Morgan fingerprint density at radius 2 is 1.49 bits per heavy atom. The molecule has 0 aliphatic heterocycles. The lowest BCUT2D eigenvalue weighted by molar-refractivity contribution is 0.0735. The Morgan fingerprint density at radius 1 is 0.771 bits per heavy atom. The van der Waals surface area contributed by atoms with Gasteiger partial charge in [-0.1, -0.05) is 65.7 Å². The Hall–Kier alpha value is -4.06. The molecular formula is C28H16Cl2O5. The molecule has 0 atom stereocenters. The SMILES string of the molecule is O=C(Oc1ccc2c(=O)c(Oc3ccc(-c4ccccc4)cc3)coc2c1)c1ccc(Cl)cc1Cl. The molecule has 0 bridgehead atoms. The summed E-state index contributed by atoms with van der Waals surface area (Å²) in [5.74, 6) is 0.0819. The van der Waals surface area contributed by atoms with Crippen molar-refractivity contribution in [3.8, 4) is 28.4 Å². The van der Waals surface area contributed by atoms with Gasteiger partial charge in [-0.05, 0) is 53.6 Å². The molecule has 0 N–H and O–H groups in total. The number of carbonyl (C=O) groups excluding carboxylic acids is 1. The van der Waals surface area contributed by atoms with Gasteiger partial charge in [0.15, 0.2) is 0 Å². The number of benzene rings is 4. The Kier molecular flexibility index (Phi) is 6.27. The van der Waals surface area contributed by atoms with Gasteiger partial charge in [-0.15, -0.1) is 0 Å². The van der Waals surface area contributed by atoms with E-state index in [2.05, 4.69) is 0 Å². The molecule has 7 heteroatoms. The molecule has 0 spiro atoms. The molecule has 0 aliphatic rings. The van der Waals surface area contributed by atoms with E-state index in [0.29, 0.717) is 10.8 Å². The van der Waals surface area contributed by atoms with Gasteiger partial charge in [-0.2, -0.15) is 0 Å². The second-order valence-electron chi connectivity index (χ2n) is 7.59. The number of ether oxygens (including phenoxy) is 2. The zero-order chi connectivity index (χ0) is 24.4. The predicted molar refractivity (Wildman–Crippen MR) is 136 cm³/mol. The van der Waals surface area contributed by atoms with Crippen LogP contribution in [-0.4, -0.2) is 5.97 Å². The molecule has 1 aromatic heterocycles. The lowest BCUT2D eigenvalue weighted by Crippen LogP contribution is -2.09. The molecule has 5 nitrogen and oxygen atoms in total. The fourth-order valence-corrected chi connectivity index (χ4v) is 4.00. The van der Waals surface area contributed by atoms with Gasteiger partial charge in [0.25, 0.3) is 0 Å². The highest BCUT2D eigenvalue weighted by molar-refractivity contribution is 6.36. The van der Waals surface area contributed by atoms with E-state index < -0.39 is 5.97 Å². The summed E-state index contributed by atoms with van der Waals surface area (Å²) < 4.78 is 16.7. The largest absolute Gasteiger partial charge is 0.460 e. The molecule has 0 radical (unpaired) electrons. The van der Waals surface area contributed by atoms with Crippen molar-refractivity contribution in [1.29, 1.82) is 0 Å². The molecule has 0 fully saturated rings. The van der Waals surface area contributed by atoms with Crippen LogP contribution in [0.1, 0.15) is 10.4 Å². The average molecular weight is 503 g/mol. The van der Waals surface area contributed by atoms with Gasteiger partial charge in [-0.3, -0.25) is 4.79 Å². The third-order valence-electron chi connectivity index (χ3n) is 5.27. The summed E-state index contributed by atoms with van der Waals surface area (Å²) in [6.45, 7) is 0. The van der Waals surface area contributed by atoms with Gasteiger partial charge in [0.05, 0.1) is 16.0 Å². The minimum absolute atomic E-state index is 0.0441. The molecule has 1 heterocycles. The highest BCUT2D eigenvalue weighted by Crippen LogP contribution is 2.28. The van der Waals surface area contributed by atoms with Crippen LogP contribution < -0.4 is 14.9 Å². The van der Waals surface area contributed by atoms with Crippen LogP contribution in [0.2, 0.25) is 10.0 Å². The summed E-state index contributed by atoms with van der Waals surface area (Å²) >= 11 is 11.9. The standard InChI is InChI=1S/C28H16Cl2O5/c29-19-8-12-22(24(30)14-19)28(32)35-21-11-13-23-25(15-21)33-16-26(27(23)31)34-20-9-6-18(7-10-20)17-4-2-1-3-5-17/h1-16H. The van der Waals surface area contributed by atoms with Crippen molar-refractivity contribution in [1.82, 2.24) is 0 Å². The summed E-state index contributed by atoms with van der Waals surface area (Å²) in [7, 11) is 0. The number of hydrogen-bond acceptors (Lipinski definition) is 5. The molecule has 0 amide bonds. The van der Waals surface area contributed by atoms with Crippen molar-refractivity contribution in [2.24, 2.45) is 0 Å². The summed E-state index contributed by atoms with van der Waals surface area (Å²) in [5, 5.41) is 0.866. The van der Waals surface area contributed by atoms with Gasteiger partial charge in [0.2, 0.25) is 11.2 Å². The fourth-order valence-electron chi connectivity index (χ4n) is 3.51. The van der Waals surface area contributed by atoms with Gasteiger partial charge >= 0.3 is 5.97 Å². The second kappa shape index (κ2) is 9.66. The summed E-state index contributed by atoms with van der Waals surface area (Å²) in [4.78, 5) is 25.4. The van der Waals surface area contributed by atoms with E-state index in [4.69, 9.17) is 37.1 Å². The highest BCUT2D eigenvalue weighted by atomic mass is 35.5. The maximum Gasteiger partial charge on any atom is 0.345 e. The van der Waals surface area contributed by atoms with Crippen LogP contribution in [0, 0.1) is 0 Å². The first-order valence-electron chi connectivity index (χ1n) is 10.5. The van der Waals surface area contributed by atoms with Crippen molar-refractivity contribution in [2.45, 2.75) is 0 Å². The third kappa shape index (κ3) is 4.92. The van der Waals surface area contributed by atoms with Crippen LogP contribution >= 0.6 is 23.2 Å². The normalized spacial score (nSPS) is 10.8. The van der Waals surface area contributed by atoms with Crippen LogP contribution in [0.4, 0.5) is 0 Å². The topological polar surface area (TPSA) is 65.7 Å². The maximum atomic E-state index is 12.9. The van der Waals surface area contributed by atoms with Crippen molar-refractivity contribution in [3.63, 3.8) is 0 Å². The first-order valence-corrected chi connectivity index (χ1v) is 11.3. The van der Waals surface area contributed by atoms with Gasteiger partial charge < -0.3 is 13.9 Å². The molecule has 5 rings (SSSR count). The molecule has 5 aromatic rings. The molecule has 0 saturated heterocycles. The Labute approximate surface area is 210 Å². The number of rotatable bonds is 5. The molecule has 35 heavy (non-hydrogen) atoms. The minimum Gasteiger partial charge on any atom is -0.460 e. The van der Waals surface area contributed by atoms with E-state index in [9.17, 15) is 9.59 Å².